The van der Waals surface area contributed by atoms with E-state index in [-0.39, 0.29) is 5.92 Å². The zero-order valence-corrected chi connectivity index (χ0v) is 8.42. The standard InChI is InChI=1S/C10H19NO2/c1-7(8(2)10(12)13)9-3-5-11-6-4-9/h7-9,11H,3-6H2,1-2H3,(H,12,13). The minimum atomic E-state index is -0.661. The zero-order valence-electron chi connectivity index (χ0n) is 8.42. The summed E-state index contributed by atoms with van der Waals surface area (Å²) < 4.78 is 0. The smallest absolute Gasteiger partial charge is 0.306 e. The summed E-state index contributed by atoms with van der Waals surface area (Å²) in [5.74, 6) is 0.0288. The highest BCUT2D eigenvalue weighted by Gasteiger charge is 2.27. The molecule has 1 aliphatic rings. The number of carboxylic acid groups (broad SMARTS) is 1. The summed E-state index contributed by atoms with van der Waals surface area (Å²) in [5, 5.41) is 12.2. The molecule has 2 atom stereocenters. The van der Waals surface area contributed by atoms with Gasteiger partial charge in [0, 0.05) is 0 Å². The van der Waals surface area contributed by atoms with Crippen molar-refractivity contribution in [2.24, 2.45) is 17.8 Å². The molecule has 0 saturated carbocycles. The average molecular weight is 185 g/mol. The minimum absolute atomic E-state index is 0.205. The van der Waals surface area contributed by atoms with Gasteiger partial charge in [-0.25, -0.2) is 0 Å². The number of nitrogens with one attached hydrogen (secondary N) is 1. The second-order valence-electron chi connectivity index (χ2n) is 4.07. The molecule has 0 amide bonds. The van der Waals surface area contributed by atoms with Crippen LogP contribution in [-0.4, -0.2) is 24.2 Å². The van der Waals surface area contributed by atoms with Crippen LogP contribution in [-0.2, 0) is 4.79 Å². The van der Waals surface area contributed by atoms with Gasteiger partial charge < -0.3 is 10.4 Å². The molecule has 1 aliphatic heterocycles. The molecule has 13 heavy (non-hydrogen) atoms. The van der Waals surface area contributed by atoms with Gasteiger partial charge in [-0.3, -0.25) is 4.79 Å². The Morgan fingerprint density at radius 1 is 1.38 bits per heavy atom. The Bertz CT molecular complexity index is 176. The Labute approximate surface area is 79.5 Å². The molecule has 3 heteroatoms. The highest BCUT2D eigenvalue weighted by Crippen LogP contribution is 2.27. The van der Waals surface area contributed by atoms with Gasteiger partial charge in [0.25, 0.3) is 0 Å². The van der Waals surface area contributed by atoms with Crippen molar-refractivity contribution in [3.8, 4) is 0 Å². The van der Waals surface area contributed by atoms with E-state index in [0.29, 0.717) is 11.8 Å². The van der Waals surface area contributed by atoms with Crippen LogP contribution in [0.25, 0.3) is 0 Å². The molecule has 3 nitrogen and oxygen atoms in total. The van der Waals surface area contributed by atoms with E-state index in [9.17, 15) is 4.79 Å². The van der Waals surface area contributed by atoms with Crippen LogP contribution in [0.1, 0.15) is 26.7 Å². The van der Waals surface area contributed by atoms with Crippen molar-refractivity contribution < 1.29 is 9.90 Å². The summed E-state index contributed by atoms with van der Waals surface area (Å²) in [6, 6.07) is 0. The first-order chi connectivity index (χ1) is 6.13. The lowest BCUT2D eigenvalue weighted by Gasteiger charge is -2.30. The summed E-state index contributed by atoms with van der Waals surface area (Å²) >= 11 is 0. The molecule has 1 saturated heterocycles. The number of carbonyl (C=O) groups is 1. The number of piperidine rings is 1. The highest BCUT2D eigenvalue weighted by atomic mass is 16.4. The highest BCUT2D eigenvalue weighted by molar-refractivity contribution is 5.69. The molecular formula is C10H19NO2. The molecule has 0 aliphatic carbocycles. The van der Waals surface area contributed by atoms with Crippen LogP contribution >= 0.6 is 0 Å². The summed E-state index contributed by atoms with van der Waals surface area (Å²) in [6.07, 6.45) is 2.25. The largest absolute Gasteiger partial charge is 0.481 e. The van der Waals surface area contributed by atoms with Crippen LogP contribution in [0, 0.1) is 17.8 Å². The Balaban J connectivity index is 2.44. The molecule has 1 heterocycles. The third-order valence-corrected chi connectivity index (χ3v) is 3.31. The van der Waals surface area contributed by atoms with Crippen LogP contribution < -0.4 is 5.32 Å². The maximum absolute atomic E-state index is 10.8. The van der Waals surface area contributed by atoms with Gasteiger partial charge in [0.05, 0.1) is 5.92 Å². The van der Waals surface area contributed by atoms with E-state index in [1.54, 1.807) is 0 Å². The normalized spacial score (nSPS) is 23.8. The first kappa shape index (κ1) is 10.5. The molecule has 0 aromatic rings. The Kier molecular flexibility index (Phi) is 3.72. The summed E-state index contributed by atoms with van der Waals surface area (Å²) in [4.78, 5) is 10.8. The third kappa shape index (κ3) is 2.69. The molecule has 2 N–H and O–H groups in total. The molecule has 0 aromatic carbocycles. The second kappa shape index (κ2) is 4.61. The van der Waals surface area contributed by atoms with Gasteiger partial charge in [-0.05, 0) is 37.8 Å². The molecule has 0 aromatic heterocycles. The number of rotatable bonds is 3. The van der Waals surface area contributed by atoms with E-state index < -0.39 is 5.97 Å². The predicted molar refractivity (Wildman–Crippen MR) is 51.6 cm³/mol. The van der Waals surface area contributed by atoms with Crippen LogP contribution in [0.4, 0.5) is 0 Å². The Morgan fingerprint density at radius 3 is 2.38 bits per heavy atom. The SMILES string of the molecule is CC(C(=O)O)C(C)C1CCNCC1. The zero-order chi connectivity index (χ0) is 9.84. The quantitative estimate of drug-likeness (QED) is 0.697. The van der Waals surface area contributed by atoms with Gasteiger partial charge in [0.2, 0.25) is 0 Å². The monoisotopic (exact) mass is 185 g/mol. The van der Waals surface area contributed by atoms with E-state index in [0.717, 1.165) is 25.9 Å². The van der Waals surface area contributed by atoms with Gasteiger partial charge in [0.1, 0.15) is 0 Å². The molecule has 0 radical (unpaired) electrons. The van der Waals surface area contributed by atoms with Gasteiger partial charge in [-0.1, -0.05) is 13.8 Å². The number of aliphatic carboxylic acids is 1. The lowest BCUT2D eigenvalue weighted by molar-refractivity contribution is -0.143. The van der Waals surface area contributed by atoms with E-state index in [1.807, 2.05) is 6.92 Å². The van der Waals surface area contributed by atoms with Crippen LogP contribution in [0.15, 0.2) is 0 Å². The van der Waals surface area contributed by atoms with Crippen LogP contribution in [0.3, 0.4) is 0 Å². The first-order valence-electron chi connectivity index (χ1n) is 5.06. The molecule has 76 valence electrons. The Hall–Kier alpha value is -0.570. The van der Waals surface area contributed by atoms with Gasteiger partial charge in [0.15, 0.2) is 0 Å². The molecule has 0 bridgehead atoms. The molecular weight excluding hydrogens is 166 g/mol. The van der Waals surface area contributed by atoms with Gasteiger partial charge in [-0.15, -0.1) is 0 Å². The fourth-order valence-electron chi connectivity index (χ4n) is 2.00. The molecule has 1 fully saturated rings. The van der Waals surface area contributed by atoms with E-state index in [2.05, 4.69) is 12.2 Å². The van der Waals surface area contributed by atoms with Crippen molar-refractivity contribution in [3.05, 3.63) is 0 Å². The van der Waals surface area contributed by atoms with Crippen LogP contribution in [0.5, 0.6) is 0 Å². The summed E-state index contributed by atoms with van der Waals surface area (Å²) in [5.41, 5.74) is 0. The number of hydrogen-bond donors (Lipinski definition) is 2. The van der Waals surface area contributed by atoms with Gasteiger partial charge >= 0.3 is 5.97 Å². The topological polar surface area (TPSA) is 49.3 Å². The fourth-order valence-corrected chi connectivity index (χ4v) is 2.00. The lowest BCUT2D eigenvalue weighted by atomic mass is 9.79. The second-order valence-corrected chi connectivity index (χ2v) is 4.07. The van der Waals surface area contributed by atoms with E-state index in [4.69, 9.17) is 5.11 Å². The maximum atomic E-state index is 10.8. The van der Waals surface area contributed by atoms with Crippen molar-refractivity contribution in [1.82, 2.24) is 5.32 Å². The lowest BCUT2D eigenvalue weighted by Crippen LogP contribution is -2.34. The summed E-state index contributed by atoms with van der Waals surface area (Å²) in [7, 11) is 0. The maximum Gasteiger partial charge on any atom is 0.306 e. The van der Waals surface area contributed by atoms with E-state index >= 15 is 0 Å². The van der Waals surface area contributed by atoms with Crippen molar-refractivity contribution in [2.75, 3.05) is 13.1 Å². The van der Waals surface area contributed by atoms with Crippen molar-refractivity contribution in [3.63, 3.8) is 0 Å². The Morgan fingerprint density at radius 2 is 1.92 bits per heavy atom. The van der Waals surface area contributed by atoms with Crippen molar-refractivity contribution >= 4 is 5.97 Å². The van der Waals surface area contributed by atoms with E-state index in [1.165, 1.54) is 0 Å². The minimum Gasteiger partial charge on any atom is -0.481 e. The first-order valence-corrected chi connectivity index (χ1v) is 5.06. The average Bonchev–Trinajstić information content (AvgIpc) is 2.17. The third-order valence-electron chi connectivity index (χ3n) is 3.31. The molecule has 2 unspecified atom stereocenters. The molecule has 1 rings (SSSR count). The van der Waals surface area contributed by atoms with Crippen LogP contribution in [0.2, 0.25) is 0 Å². The molecule has 0 spiro atoms. The van der Waals surface area contributed by atoms with Crippen molar-refractivity contribution in [1.29, 1.82) is 0 Å². The number of carboxylic acids is 1. The predicted octanol–water partition coefficient (Wildman–Crippen LogP) is 1.34. The van der Waals surface area contributed by atoms with Crippen molar-refractivity contribution in [2.45, 2.75) is 26.7 Å². The summed E-state index contributed by atoms with van der Waals surface area (Å²) in [6.45, 7) is 5.96. The number of hydrogen-bond acceptors (Lipinski definition) is 2. The fraction of sp³-hybridized carbons (Fsp3) is 0.900. The van der Waals surface area contributed by atoms with Gasteiger partial charge in [-0.2, -0.15) is 0 Å².